The average Bonchev–Trinajstić information content (AvgIpc) is 3.16. The van der Waals surface area contributed by atoms with E-state index in [9.17, 15) is 5.11 Å². The second kappa shape index (κ2) is 10.1. The summed E-state index contributed by atoms with van der Waals surface area (Å²) in [5.41, 5.74) is 2.10. The number of aromatic nitrogens is 2. The van der Waals surface area contributed by atoms with E-state index < -0.39 is 6.10 Å². The Labute approximate surface area is 181 Å². The Balaban J connectivity index is 0.00000240. The minimum absolute atomic E-state index is 0. The number of nitrogens with zero attached hydrogens (tertiary/aromatic N) is 2. The van der Waals surface area contributed by atoms with Gasteiger partial charge in [0.1, 0.15) is 0 Å². The van der Waals surface area contributed by atoms with Gasteiger partial charge in [-0.15, -0.1) is 12.4 Å². The fraction of sp³-hybridized carbons (Fsp3) is 0.304. The maximum Gasteiger partial charge on any atom is 0.0977 e. The van der Waals surface area contributed by atoms with Crippen molar-refractivity contribution in [2.24, 2.45) is 0 Å². The molecule has 0 radical (unpaired) electrons. The Morgan fingerprint density at radius 2 is 1.93 bits per heavy atom. The molecule has 0 saturated carbocycles. The van der Waals surface area contributed by atoms with E-state index in [0.29, 0.717) is 6.04 Å². The average molecular weight is 428 g/mol. The summed E-state index contributed by atoms with van der Waals surface area (Å²) >= 11 is 1.46. The van der Waals surface area contributed by atoms with Gasteiger partial charge in [0, 0.05) is 35.8 Å². The molecule has 2 atom stereocenters. The Kier molecular flexibility index (Phi) is 7.56. The molecule has 0 fully saturated rings. The van der Waals surface area contributed by atoms with Crippen molar-refractivity contribution in [2.45, 2.75) is 44.9 Å². The molecule has 1 unspecified atom stereocenters. The van der Waals surface area contributed by atoms with Crippen molar-refractivity contribution in [1.82, 2.24) is 14.7 Å². The summed E-state index contributed by atoms with van der Waals surface area (Å²) in [5, 5.41) is 17.6. The topological polar surface area (TPSA) is 58.0 Å². The molecule has 0 bridgehead atoms. The SMILES string of the molecule is C[C@H](CCCC(O)c1nsc2ccccc12)NCc1ccc2cnccc2c1.Cl. The number of aliphatic hydroxyl groups excluding tert-OH is 1. The number of nitrogens with one attached hydrogen (secondary N) is 1. The molecule has 0 aliphatic heterocycles. The van der Waals surface area contributed by atoms with Crippen LogP contribution < -0.4 is 5.32 Å². The lowest BCUT2D eigenvalue weighted by Crippen LogP contribution is -2.25. The lowest BCUT2D eigenvalue weighted by Gasteiger charge is -2.15. The maximum atomic E-state index is 10.5. The highest BCUT2D eigenvalue weighted by Gasteiger charge is 2.15. The molecular formula is C23H26ClN3OS. The lowest BCUT2D eigenvalue weighted by molar-refractivity contribution is 0.160. The van der Waals surface area contributed by atoms with Crippen LogP contribution in [0.3, 0.4) is 0 Å². The van der Waals surface area contributed by atoms with Crippen molar-refractivity contribution >= 4 is 44.8 Å². The third-order valence-corrected chi connectivity index (χ3v) is 6.04. The fourth-order valence-corrected chi connectivity index (χ4v) is 4.36. The van der Waals surface area contributed by atoms with E-state index in [1.54, 1.807) is 0 Å². The number of benzene rings is 2. The van der Waals surface area contributed by atoms with Crippen LogP contribution in [-0.2, 0) is 6.54 Å². The minimum atomic E-state index is -0.488. The van der Waals surface area contributed by atoms with Gasteiger partial charge in [0.05, 0.1) is 16.5 Å². The Hall–Kier alpha value is -2.05. The van der Waals surface area contributed by atoms with Gasteiger partial charge in [-0.05, 0) is 66.9 Å². The molecule has 0 amide bonds. The van der Waals surface area contributed by atoms with E-state index in [4.69, 9.17) is 0 Å². The summed E-state index contributed by atoms with van der Waals surface area (Å²) in [6.07, 6.45) is 5.96. The number of aliphatic hydroxyl groups is 1. The first-order chi connectivity index (χ1) is 13.7. The number of halogens is 1. The fourth-order valence-electron chi connectivity index (χ4n) is 3.54. The zero-order chi connectivity index (χ0) is 19.3. The van der Waals surface area contributed by atoms with Crippen molar-refractivity contribution in [2.75, 3.05) is 0 Å². The minimum Gasteiger partial charge on any atom is -0.387 e. The second-order valence-electron chi connectivity index (χ2n) is 7.35. The van der Waals surface area contributed by atoms with Crippen molar-refractivity contribution in [3.63, 3.8) is 0 Å². The molecule has 4 rings (SSSR count). The zero-order valence-electron chi connectivity index (χ0n) is 16.4. The Morgan fingerprint density at radius 1 is 1.07 bits per heavy atom. The molecule has 2 heterocycles. The van der Waals surface area contributed by atoms with Crippen LogP contribution in [0.2, 0.25) is 0 Å². The highest BCUT2D eigenvalue weighted by molar-refractivity contribution is 7.13. The number of pyridine rings is 1. The van der Waals surface area contributed by atoms with Crippen molar-refractivity contribution < 1.29 is 5.11 Å². The number of hydrogen-bond donors (Lipinski definition) is 2. The summed E-state index contributed by atoms with van der Waals surface area (Å²) in [4.78, 5) is 4.16. The number of fused-ring (bicyclic) bond motifs is 2. The molecule has 6 heteroatoms. The van der Waals surface area contributed by atoms with E-state index in [1.165, 1.54) is 27.9 Å². The van der Waals surface area contributed by atoms with Crippen LogP contribution in [0.5, 0.6) is 0 Å². The van der Waals surface area contributed by atoms with Crippen LogP contribution in [0.25, 0.3) is 20.9 Å². The first-order valence-corrected chi connectivity index (χ1v) is 10.6. The number of rotatable bonds is 8. The van der Waals surface area contributed by atoms with Gasteiger partial charge in [0.25, 0.3) is 0 Å². The van der Waals surface area contributed by atoms with Crippen LogP contribution in [0.1, 0.15) is 43.5 Å². The van der Waals surface area contributed by atoms with Crippen molar-refractivity contribution in [1.29, 1.82) is 0 Å². The summed E-state index contributed by atoms with van der Waals surface area (Å²) in [5.74, 6) is 0. The zero-order valence-corrected chi connectivity index (χ0v) is 18.0. The smallest absolute Gasteiger partial charge is 0.0977 e. The normalized spacial score (nSPS) is 13.3. The van der Waals surface area contributed by atoms with Crippen LogP contribution in [-0.4, -0.2) is 20.5 Å². The molecule has 0 spiro atoms. The van der Waals surface area contributed by atoms with Crippen molar-refractivity contribution in [3.8, 4) is 0 Å². The lowest BCUT2D eigenvalue weighted by atomic mass is 10.0. The summed E-state index contributed by atoms with van der Waals surface area (Å²) in [7, 11) is 0. The van der Waals surface area contributed by atoms with E-state index in [2.05, 4.69) is 45.9 Å². The highest BCUT2D eigenvalue weighted by atomic mass is 35.5. The van der Waals surface area contributed by atoms with Gasteiger partial charge in [-0.2, -0.15) is 4.37 Å². The van der Waals surface area contributed by atoms with Gasteiger partial charge in [-0.1, -0.05) is 30.3 Å². The van der Waals surface area contributed by atoms with Gasteiger partial charge in [0.2, 0.25) is 0 Å². The Morgan fingerprint density at radius 3 is 2.83 bits per heavy atom. The molecule has 4 aromatic rings. The molecule has 2 aromatic carbocycles. The molecule has 0 aliphatic rings. The largest absolute Gasteiger partial charge is 0.387 e. The molecule has 29 heavy (non-hydrogen) atoms. The molecule has 152 valence electrons. The molecular weight excluding hydrogens is 402 g/mol. The quantitative estimate of drug-likeness (QED) is 0.381. The van der Waals surface area contributed by atoms with Crippen LogP contribution in [0.4, 0.5) is 0 Å². The van der Waals surface area contributed by atoms with Gasteiger partial charge < -0.3 is 10.4 Å². The summed E-state index contributed by atoms with van der Waals surface area (Å²) in [6, 6.07) is 17.0. The van der Waals surface area contributed by atoms with Crippen molar-refractivity contribution in [3.05, 3.63) is 72.2 Å². The molecule has 2 N–H and O–H groups in total. The monoisotopic (exact) mass is 427 g/mol. The van der Waals surface area contributed by atoms with E-state index in [-0.39, 0.29) is 12.4 Å². The van der Waals surface area contributed by atoms with Crippen LogP contribution >= 0.6 is 23.9 Å². The van der Waals surface area contributed by atoms with Gasteiger partial charge in [-0.3, -0.25) is 4.98 Å². The third-order valence-electron chi connectivity index (χ3n) is 5.20. The Bertz CT molecular complexity index is 1070. The predicted octanol–water partition coefficient (Wildman–Crippen LogP) is 5.65. The third kappa shape index (κ3) is 5.31. The maximum absolute atomic E-state index is 10.5. The predicted molar refractivity (Wildman–Crippen MR) is 124 cm³/mol. The van der Waals surface area contributed by atoms with E-state index in [0.717, 1.165) is 41.6 Å². The van der Waals surface area contributed by atoms with E-state index >= 15 is 0 Å². The first kappa shape index (κ1) is 21.7. The highest BCUT2D eigenvalue weighted by Crippen LogP contribution is 2.29. The summed E-state index contributed by atoms with van der Waals surface area (Å²) in [6.45, 7) is 3.05. The van der Waals surface area contributed by atoms with Crippen LogP contribution in [0, 0.1) is 0 Å². The molecule has 0 saturated heterocycles. The van der Waals surface area contributed by atoms with Gasteiger partial charge in [0.15, 0.2) is 0 Å². The molecule has 0 aliphatic carbocycles. The van der Waals surface area contributed by atoms with Gasteiger partial charge in [-0.25, -0.2) is 0 Å². The van der Waals surface area contributed by atoms with Gasteiger partial charge >= 0.3 is 0 Å². The molecule has 2 aromatic heterocycles. The first-order valence-electron chi connectivity index (χ1n) is 9.79. The van der Waals surface area contributed by atoms with Crippen LogP contribution in [0.15, 0.2) is 60.9 Å². The number of hydrogen-bond acceptors (Lipinski definition) is 5. The molecule has 4 nitrogen and oxygen atoms in total. The summed E-state index contributed by atoms with van der Waals surface area (Å²) < 4.78 is 5.60. The van der Waals surface area contributed by atoms with E-state index in [1.807, 2.05) is 36.7 Å². The second-order valence-corrected chi connectivity index (χ2v) is 8.15. The standard InChI is InChI=1S/C23H25N3OS.ClH/c1-16(25-14-17-9-10-19-15-24-12-11-18(19)13-17)5-4-7-21(27)23-20-6-2-3-8-22(20)28-26-23;/h2-3,6,8-13,15-16,21,25,27H,4-5,7,14H2,1H3;1H/t16-,21?;/m1./s1.